The molecular weight excluding hydrogens is 350 g/mol. The lowest BCUT2D eigenvalue weighted by atomic mass is 9.91. The van der Waals surface area contributed by atoms with Gasteiger partial charge in [-0.15, -0.1) is 0 Å². The number of carbonyl (C=O) groups excluding carboxylic acids is 1. The van der Waals surface area contributed by atoms with Crippen LogP contribution in [0.2, 0.25) is 0 Å². The number of nitrogens with one attached hydrogen (secondary N) is 1. The summed E-state index contributed by atoms with van der Waals surface area (Å²) in [4.78, 5) is 24.5. The molecule has 1 fully saturated rings. The van der Waals surface area contributed by atoms with Gasteiger partial charge in [-0.25, -0.2) is 13.2 Å². The van der Waals surface area contributed by atoms with E-state index in [1.807, 2.05) is 6.92 Å². The van der Waals surface area contributed by atoms with E-state index in [1.54, 1.807) is 17.8 Å². The highest BCUT2D eigenvalue weighted by Gasteiger charge is 2.41. The molecule has 1 heterocycles. The summed E-state index contributed by atoms with van der Waals surface area (Å²) >= 11 is 1.66. The van der Waals surface area contributed by atoms with Crippen LogP contribution in [0.4, 0.5) is 0 Å². The zero-order valence-electron chi connectivity index (χ0n) is 13.7. The Morgan fingerprint density at radius 3 is 2.42 bits per heavy atom. The molecule has 0 spiro atoms. The van der Waals surface area contributed by atoms with Gasteiger partial charge < -0.3 is 10.4 Å². The van der Waals surface area contributed by atoms with Crippen LogP contribution in [0.15, 0.2) is 23.1 Å². The van der Waals surface area contributed by atoms with Crippen LogP contribution in [-0.4, -0.2) is 48.7 Å². The van der Waals surface area contributed by atoms with E-state index in [4.69, 9.17) is 0 Å². The molecule has 0 bridgehead atoms. The van der Waals surface area contributed by atoms with Crippen LogP contribution in [0.5, 0.6) is 0 Å². The smallest absolute Gasteiger partial charge is 0.329 e. The molecule has 0 unspecified atom stereocenters. The lowest BCUT2D eigenvalue weighted by molar-refractivity contribution is -0.144. The van der Waals surface area contributed by atoms with Crippen molar-refractivity contribution in [1.82, 2.24) is 5.32 Å². The van der Waals surface area contributed by atoms with Crippen molar-refractivity contribution in [3.63, 3.8) is 0 Å². The largest absolute Gasteiger partial charge is 0.480 e. The average Bonchev–Trinajstić information content (AvgIpc) is 2.54. The maximum atomic E-state index is 12.7. The van der Waals surface area contributed by atoms with E-state index in [9.17, 15) is 23.1 Å². The number of carboxylic acid groups (broad SMARTS) is 1. The number of hydrogen-bond acceptors (Lipinski definition) is 5. The van der Waals surface area contributed by atoms with Crippen LogP contribution in [0.3, 0.4) is 0 Å². The lowest BCUT2D eigenvalue weighted by Gasteiger charge is -2.34. The second-order valence-electron chi connectivity index (χ2n) is 5.90. The summed E-state index contributed by atoms with van der Waals surface area (Å²) in [5.74, 6) is -0.257. The van der Waals surface area contributed by atoms with E-state index in [0.717, 1.165) is 6.26 Å². The lowest BCUT2D eigenvalue weighted by Crippen LogP contribution is -2.56. The first kappa shape index (κ1) is 18.8. The second-order valence-corrected chi connectivity index (χ2v) is 9.14. The molecule has 1 aliphatic heterocycles. The Labute approximate surface area is 145 Å². The molecule has 24 heavy (non-hydrogen) atoms. The van der Waals surface area contributed by atoms with Gasteiger partial charge in [-0.2, -0.15) is 11.8 Å². The van der Waals surface area contributed by atoms with Crippen molar-refractivity contribution in [2.75, 3.05) is 17.8 Å². The Morgan fingerprint density at radius 1 is 1.29 bits per heavy atom. The number of thioether (sulfide) groups is 1. The quantitative estimate of drug-likeness (QED) is 0.818. The number of rotatable bonds is 5. The zero-order chi connectivity index (χ0) is 18.0. The summed E-state index contributed by atoms with van der Waals surface area (Å²) in [7, 11) is -3.45. The highest BCUT2D eigenvalue weighted by atomic mass is 32.2. The molecule has 1 aliphatic rings. The minimum Gasteiger partial charge on any atom is -0.480 e. The van der Waals surface area contributed by atoms with Gasteiger partial charge in [0.05, 0.1) is 4.90 Å². The van der Waals surface area contributed by atoms with Crippen molar-refractivity contribution < 1.29 is 23.1 Å². The molecule has 0 aromatic heterocycles. The Kier molecular flexibility index (Phi) is 5.59. The number of sulfone groups is 1. The van der Waals surface area contributed by atoms with Gasteiger partial charge in [0.25, 0.3) is 5.91 Å². The molecule has 0 atom stereocenters. The number of carbonyl (C=O) groups is 2. The van der Waals surface area contributed by atoms with Crippen LogP contribution in [0, 0.1) is 0 Å². The van der Waals surface area contributed by atoms with Crippen molar-refractivity contribution in [2.24, 2.45) is 0 Å². The number of aliphatic carboxylic acids is 1. The van der Waals surface area contributed by atoms with Gasteiger partial charge >= 0.3 is 5.97 Å². The first-order valence-corrected chi connectivity index (χ1v) is 10.7. The van der Waals surface area contributed by atoms with Gasteiger partial charge in [0, 0.05) is 11.8 Å². The highest BCUT2D eigenvalue weighted by molar-refractivity contribution is 7.99. The van der Waals surface area contributed by atoms with E-state index in [1.165, 1.54) is 12.1 Å². The van der Waals surface area contributed by atoms with Crippen molar-refractivity contribution in [1.29, 1.82) is 0 Å². The maximum absolute atomic E-state index is 12.7. The van der Waals surface area contributed by atoms with Crippen molar-refractivity contribution in [3.8, 4) is 0 Å². The summed E-state index contributed by atoms with van der Waals surface area (Å²) in [6.07, 6.45) is 2.33. The highest BCUT2D eigenvalue weighted by Crippen LogP contribution is 2.28. The fourth-order valence-electron chi connectivity index (χ4n) is 2.70. The SMILES string of the molecule is CCc1ccc(S(C)(=O)=O)cc1C(=O)NC1(C(=O)O)CCSCC1. The first-order chi connectivity index (χ1) is 11.2. The Morgan fingerprint density at radius 2 is 1.92 bits per heavy atom. The van der Waals surface area contributed by atoms with Gasteiger partial charge in [0.2, 0.25) is 0 Å². The summed E-state index contributed by atoms with van der Waals surface area (Å²) in [5.41, 5.74) is -0.376. The molecule has 1 aromatic carbocycles. The topological polar surface area (TPSA) is 101 Å². The number of amides is 1. The molecule has 0 aliphatic carbocycles. The van der Waals surface area contributed by atoms with Gasteiger partial charge in [-0.1, -0.05) is 13.0 Å². The van der Waals surface area contributed by atoms with Gasteiger partial charge in [0.1, 0.15) is 5.54 Å². The molecule has 0 saturated carbocycles. The third-order valence-electron chi connectivity index (χ3n) is 4.24. The molecule has 2 N–H and O–H groups in total. The van der Waals surface area contributed by atoms with E-state index in [0.29, 0.717) is 36.3 Å². The van der Waals surface area contributed by atoms with Crippen LogP contribution in [-0.2, 0) is 21.1 Å². The average molecular weight is 371 g/mol. The van der Waals surface area contributed by atoms with E-state index in [-0.39, 0.29) is 10.5 Å². The molecule has 1 saturated heterocycles. The number of aryl methyl sites for hydroxylation is 1. The van der Waals surface area contributed by atoms with Gasteiger partial charge in [0.15, 0.2) is 9.84 Å². The first-order valence-electron chi connectivity index (χ1n) is 7.66. The fourth-order valence-corrected chi connectivity index (χ4v) is 4.54. The molecule has 1 amide bonds. The van der Waals surface area contributed by atoms with E-state index < -0.39 is 27.3 Å². The molecule has 2 rings (SSSR count). The number of hydrogen-bond donors (Lipinski definition) is 2. The third-order valence-corrected chi connectivity index (χ3v) is 6.34. The predicted octanol–water partition coefficient (Wildman–Crippen LogP) is 1.73. The summed E-state index contributed by atoms with van der Waals surface area (Å²) in [6, 6.07) is 4.40. The maximum Gasteiger partial charge on any atom is 0.329 e. The standard InChI is InChI=1S/C16H21NO5S2/c1-3-11-4-5-12(24(2,21)22)10-13(11)14(18)17-16(15(19)20)6-8-23-9-7-16/h4-5,10H,3,6-9H2,1-2H3,(H,17,18)(H,19,20). The Bertz CT molecular complexity index is 752. The molecule has 8 heteroatoms. The van der Waals surface area contributed by atoms with E-state index in [2.05, 4.69) is 5.32 Å². The normalized spacial score (nSPS) is 17.2. The summed E-state index contributed by atoms with van der Waals surface area (Å²) < 4.78 is 23.5. The Balaban J connectivity index is 2.39. The fraction of sp³-hybridized carbons (Fsp3) is 0.500. The zero-order valence-corrected chi connectivity index (χ0v) is 15.3. The predicted molar refractivity (Wildman–Crippen MR) is 93.3 cm³/mol. The van der Waals surface area contributed by atoms with Crippen molar-refractivity contribution in [3.05, 3.63) is 29.3 Å². The summed E-state index contributed by atoms with van der Waals surface area (Å²) in [5, 5.41) is 12.2. The monoisotopic (exact) mass is 371 g/mol. The van der Waals surface area contributed by atoms with Crippen LogP contribution >= 0.6 is 11.8 Å². The second kappa shape index (κ2) is 7.14. The van der Waals surface area contributed by atoms with Gasteiger partial charge in [-0.05, 0) is 48.5 Å². The molecule has 132 valence electrons. The van der Waals surface area contributed by atoms with Crippen LogP contribution < -0.4 is 5.32 Å². The number of benzene rings is 1. The number of carboxylic acids is 1. The minimum atomic E-state index is -3.45. The molecule has 1 aromatic rings. The Hall–Kier alpha value is -1.54. The molecular formula is C16H21NO5S2. The minimum absolute atomic E-state index is 0.0495. The molecule has 0 radical (unpaired) electrons. The van der Waals surface area contributed by atoms with Gasteiger partial charge in [-0.3, -0.25) is 4.79 Å². The van der Waals surface area contributed by atoms with Crippen LogP contribution in [0.25, 0.3) is 0 Å². The summed E-state index contributed by atoms with van der Waals surface area (Å²) in [6.45, 7) is 1.86. The van der Waals surface area contributed by atoms with Crippen molar-refractivity contribution in [2.45, 2.75) is 36.6 Å². The third kappa shape index (κ3) is 3.92. The molecule has 6 nitrogen and oxygen atoms in total. The van der Waals surface area contributed by atoms with Crippen molar-refractivity contribution >= 4 is 33.5 Å². The van der Waals surface area contributed by atoms with E-state index >= 15 is 0 Å². The van der Waals surface area contributed by atoms with Crippen LogP contribution in [0.1, 0.15) is 35.7 Å².